The number of hydrogen-bond acceptors (Lipinski definition) is 3. The Morgan fingerprint density at radius 3 is 2.80 bits per heavy atom. The lowest BCUT2D eigenvalue weighted by molar-refractivity contribution is -0.160. The highest BCUT2D eigenvalue weighted by atomic mass is 32.1. The Morgan fingerprint density at radius 2 is 2.27 bits per heavy atom. The number of alkyl carbamates (subject to hydrolysis) is 1. The summed E-state index contributed by atoms with van der Waals surface area (Å²) >= 11 is 1.40. The summed E-state index contributed by atoms with van der Waals surface area (Å²) in [5.41, 5.74) is 0. The molecular formula is C8H8F3NO2S. The number of thiophene rings is 1. The summed E-state index contributed by atoms with van der Waals surface area (Å²) in [6.07, 6.45) is -5.55. The smallest absolute Gasteiger partial charge is 0.422 e. The Morgan fingerprint density at radius 1 is 1.53 bits per heavy atom. The molecule has 0 aliphatic carbocycles. The van der Waals surface area contributed by atoms with E-state index in [0.29, 0.717) is 0 Å². The van der Waals surface area contributed by atoms with Crippen molar-refractivity contribution in [3.63, 3.8) is 0 Å². The third kappa shape index (κ3) is 5.26. The molecule has 1 aromatic heterocycles. The first-order chi connectivity index (χ1) is 6.97. The summed E-state index contributed by atoms with van der Waals surface area (Å²) in [5.74, 6) is 0. The molecule has 1 heterocycles. The van der Waals surface area contributed by atoms with E-state index in [0.717, 1.165) is 4.88 Å². The molecule has 1 N–H and O–H groups in total. The molecule has 0 saturated carbocycles. The van der Waals surface area contributed by atoms with Gasteiger partial charge in [-0.15, -0.1) is 11.3 Å². The average Bonchev–Trinajstić information content (AvgIpc) is 2.62. The van der Waals surface area contributed by atoms with Gasteiger partial charge < -0.3 is 10.1 Å². The van der Waals surface area contributed by atoms with Crippen molar-refractivity contribution >= 4 is 17.4 Å². The standard InChI is InChI=1S/C8H8F3NO2S/c9-8(10,11)5-14-7(13)12-4-6-2-1-3-15-6/h1-3H,4-5H2,(H,12,13). The number of hydrogen-bond donors (Lipinski definition) is 1. The molecular weight excluding hydrogens is 231 g/mol. The van der Waals surface area contributed by atoms with Gasteiger partial charge in [-0.05, 0) is 11.4 Å². The van der Waals surface area contributed by atoms with Crippen LogP contribution in [0, 0.1) is 0 Å². The fourth-order valence-electron chi connectivity index (χ4n) is 0.771. The Kier molecular flexibility index (Phi) is 3.96. The number of alkyl halides is 3. The molecule has 0 saturated heterocycles. The van der Waals surface area contributed by atoms with E-state index >= 15 is 0 Å². The highest BCUT2D eigenvalue weighted by Crippen LogP contribution is 2.14. The second-order valence-corrected chi connectivity index (χ2v) is 3.66. The molecule has 0 spiro atoms. The van der Waals surface area contributed by atoms with Crippen molar-refractivity contribution in [3.8, 4) is 0 Å². The Bertz CT molecular complexity index is 310. The molecule has 0 bridgehead atoms. The van der Waals surface area contributed by atoms with Gasteiger partial charge in [0.1, 0.15) is 0 Å². The predicted octanol–water partition coefficient (Wildman–Crippen LogP) is 2.54. The quantitative estimate of drug-likeness (QED) is 0.880. The average molecular weight is 239 g/mol. The maximum atomic E-state index is 11.6. The number of ether oxygens (including phenoxy) is 1. The first kappa shape index (κ1) is 11.8. The molecule has 1 aromatic rings. The van der Waals surface area contributed by atoms with E-state index in [4.69, 9.17) is 0 Å². The number of rotatable bonds is 3. The van der Waals surface area contributed by atoms with Crippen LogP contribution in [0.5, 0.6) is 0 Å². The van der Waals surface area contributed by atoms with Crippen molar-refractivity contribution in [1.82, 2.24) is 5.32 Å². The van der Waals surface area contributed by atoms with Crippen LogP contribution in [0.15, 0.2) is 17.5 Å². The van der Waals surface area contributed by atoms with Crippen molar-refractivity contribution in [2.75, 3.05) is 6.61 Å². The van der Waals surface area contributed by atoms with Crippen molar-refractivity contribution in [2.45, 2.75) is 12.7 Å². The Labute approximate surface area is 87.9 Å². The zero-order valence-corrected chi connectivity index (χ0v) is 8.32. The van der Waals surface area contributed by atoms with Crippen molar-refractivity contribution in [1.29, 1.82) is 0 Å². The predicted molar refractivity (Wildman–Crippen MR) is 48.6 cm³/mol. The molecule has 0 fully saturated rings. The van der Waals surface area contributed by atoms with Gasteiger partial charge in [-0.1, -0.05) is 6.07 Å². The number of carbonyl (C=O) groups excluding carboxylic acids is 1. The molecule has 15 heavy (non-hydrogen) atoms. The summed E-state index contributed by atoms with van der Waals surface area (Å²) in [6.45, 7) is -1.39. The van der Waals surface area contributed by atoms with Gasteiger partial charge in [0.25, 0.3) is 0 Å². The second kappa shape index (κ2) is 5.01. The van der Waals surface area contributed by atoms with E-state index in [-0.39, 0.29) is 6.54 Å². The molecule has 0 atom stereocenters. The second-order valence-electron chi connectivity index (χ2n) is 2.62. The molecule has 1 amide bonds. The van der Waals surface area contributed by atoms with E-state index in [1.807, 2.05) is 0 Å². The zero-order chi connectivity index (χ0) is 11.3. The van der Waals surface area contributed by atoms with Gasteiger partial charge in [-0.25, -0.2) is 4.79 Å². The number of amides is 1. The van der Waals surface area contributed by atoms with Crippen LogP contribution in [0.3, 0.4) is 0 Å². The van der Waals surface area contributed by atoms with Crippen molar-refractivity contribution in [3.05, 3.63) is 22.4 Å². The van der Waals surface area contributed by atoms with Gasteiger partial charge in [-0.3, -0.25) is 0 Å². The molecule has 0 unspecified atom stereocenters. The number of carbonyl (C=O) groups is 1. The van der Waals surface area contributed by atoms with E-state index < -0.39 is 18.9 Å². The largest absolute Gasteiger partial charge is 0.440 e. The fourth-order valence-corrected chi connectivity index (χ4v) is 1.42. The van der Waals surface area contributed by atoms with Gasteiger partial charge in [0, 0.05) is 4.88 Å². The lowest BCUT2D eigenvalue weighted by atomic mass is 10.5. The van der Waals surface area contributed by atoms with E-state index in [9.17, 15) is 18.0 Å². The van der Waals surface area contributed by atoms with Gasteiger partial charge in [0.2, 0.25) is 0 Å². The third-order valence-corrected chi connectivity index (χ3v) is 2.23. The van der Waals surface area contributed by atoms with Crippen LogP contribution in [-0.4, -0.2) is 18.9 Å². The summed E-state index contributed by atoms with van der Waals surface area (Å²) in [6, 6.07) is 3.54. The fraction of sp³-hybridized carbons (Fsp3) is 0.375. The summed E-state index contributed by atoms with van der Waals surface area (Å²) < 4.78 is 38.8. The van der Waals surface area contributed by atoms with E-state index in [1.165, 1.54) is 11.3 Å². The Hall–Kier alpha value is -1.24. The first-order valence-corrected chi connectivity index (χ1v) is 4.85. The van der Waals surface area contributed by atoms with Gasteiger partial charge >= 0.3 is 12.3 Å². The van der Waals surface area contributed by atoms with Crippen LogP contribution in [0.4, 0.5) is 18.0 Å². The lowest BCUT2D eigenvalue weighted by Gasteiger charge is -2.08. The summed E-state index contributed by atoms with van der Waals surface area (Å²) in [5, 5.41) is 4.01. The van der Waals surface area contributed by atoms with E-state index in [2.05, 4.69) is 10.1 Å². The van der Waals surface area contributed by atoms with Gasteiger partial charge in [-0.2, -0.15) is 13.2 Å². The van der Waals surface area contributed by atoms with Crippen LogP contribution in [-0.2, 0) is 11.3 Å². The minimum atomic E-state index is -4.49. The maximum absolute atomic E-state index is 11.6. The zero-order valence-electron chi connectivity index (χ0n) is 7.50. The normalized spacial score (nSPS) is 11.1. The molecule has 0 aliphatic rings. The number of halogens is 3. The minimum absolute atomic E-state index is 0.175. The lowest BCUT2D eigenvalue weighted by Crippen LogP contribution is -2.28. The highest BCUT2D eigenvalue weighted by Gasteiger charge is 2.29. The highest BCUT2D eigenvalue weighted by molar-refractivity contribution is 7.09. The molecule has 0 radical (unpaired) electrons. The van der Waals surface area contributed by atoms with Crippen LogP contribution in [0.1, 0.15) is 4.88 Å². The van der Waals surface area contributed by atoms with E-state index in [1.54, 1.807) is 17.5 Å². The van der Waals surface area contributed by atoms with Crippen LogP contribution >= 0.6 is 11.3 Å². The molecule has 7 heteroatoms. The third-order valence-electron chi connectivity index (χ3n) is 1.35. The summed E-state index contributed by atoms with van der Waals surface area (Å²) in [4.78, 5) is 11.6. The summed E-state index contributed by atoms with van der Waals surface area (Å²) in [7, 11) is 0. The molecule has 0 aromatic carbocycles. The monoisotopic (exact) mass is 239 g/mol. The molecule has 0 aliphatic heterocycles. The van der Waals surface area contributed by atoms with Gasteiger partial charge in [0.05, 0.1) is 6.54 Å². The van der Waals surface area contributed by atoms with Gasteiger partial charge in [0.15, 0.2) is 6.61 Å². The van der Waals surface area contributed by atoms with Crippen LogP contribution in [0.25, 0.3) is 0 Å². The maximum Gasteiger partial charge on any atom is 0.422 e. The Balaban J connectivity index is 2.20. The van der Waals surface area contributed by atoms with Crippen LogP contribution < -0.4 is 5.32 Å². The van der Waals surface area contributed by atoms with Crippen LogP contribution in [0.2, 0.25) is 0 Å². The van der Waals surface area contributed by atoms with Crippen molar-refractivity contribution < 1.29 is 22.7 Å². The molecule has 3 nitrogen and oxygen atoms in total. The molecule has 1 rings (SSSR count). The first-order valence-electron chi connectivity index (χ1n) is 3.97. The SMILES string of the molecule is O=C(NCc1cccs1)OCC(F)(F)F. The minimum Gasteiger partial charge on any atom is -0.440 e. The topological polar surface area (TPSA) is 38.3 Å². The molecule has 84 valence electrons. The number of nitrogens with one attached hydrogen (secondary N) is 1. The van der Waals surface area contributed by atoms with Crippen molar-refractivity contribution in [2.24, 2.45) is 0 Å².